The number of aromatic nitrogens is 3. The van der Waals surface area contributed by atoms with Crippen LogP contribution < -0.4 is 0 Å². The predicted octanol–water partition coefficient (Wildman–Crippen LogP) is 2.65. The Labute approximate surface area is 118 Å². The van der Waals surface area contributed by atoms with E-state index in [0.29, 0.717) is 12.1 Å². The van der Waals surface area contributed by atoms with E-state index in [-0.39, 0.29) is 11.7 Å². The molecule has 1 heterocycles. The Kier molecular flexibility index (Phi) is 4.17. The lowest BCUT2D eigenvalue weighted by atomic mass is 10.1. The van der Waals surface area contributed by atoms with Crippen molar-refractivity contribution in [3.8, 4) is 0 Å². The molecular formula is C15H19N3O2. The zero-order valence-electron chi connectivity index (χ0n) is 12.0. The summed E-state index contributed by atoms with van der Waals surface area (Å²) in [5, 5.41) is 16.9. The first kappa shape index (κ1) is 14.2. The second-order valence-electron chi connectivity index (χ2n) is 5.21. The van der Waals surface area contributed by atoms with Crippen molar-refractivity contribution in [3.05, 3.63) is 46.8 Å². The molecule has 5 nitrogen and oxygen atoms in total. The molecule has 106 valence electrons. The number of rotatable bonds is 5. The first-order valence-corrected chi connectivity index (χ1v) is 6.72. The van der Waals surface area contributed by atoms with Gasteiger partial charge in [-0.3, -0.25) is 0 Å². The summed E-state index contributed by atoms with van der Waals surface area (Å²) < 4.78 is 1.69. The number of hydrogen-bond acceptors (Lipinski definition) is 3. The van der Waals surface area contributed by atoms with Gasteiger partial charge in [0, 0.05) is 6.04 Å². The topological polar surface area (TPSA) is 68.0 Å². The Hall–Kier alpha value is -2.17. The summed E-state index contributed by atoms with van der Waals surface area (Å²) in [6.07, 6.45) is 1.40. The van der Waals surface area contributed by atoms with Crippen molar-refractivity contribution in [2.24, 2.45) is 0 Å². The van der Waals surface area contributed by atoms with Crippen molar-refractivity contribution in [1.82, 2.24) is 15.0 Å². The van der Waals surface area contributed by atoms with Crippen molar-refractivity contribution in [3.63, 3.8) is 0 Å². The Morgan fingerprint density at radius 3 is 2.45 bits per heavy atom. The molecule has 0 saturated carbocycles. The fraction of sp³-hybridized carbons (Fsp3) is 0.400. The molecule has 0 radical (unpaired) electrons. The average Bonchev–Trinajstić information content (AvgIpc) is 2.82. The molecule has 0 aliphatic heterocycles. The lowest BCUT2D eigenvalue weighted by Crippen LogP contribution is -2.11. The van der Waals surface area contributed by atoms with Gasteiger partial charge in [0.2, 0.25) is 0 Å². The molecule has 5 heteroatoms. The van der Waals surface area contributed by atoms with Crippen LogP contribution in [0.5, 0.6) is 0 Å². The maximum atomic E-state index is 11.2. The van der Waals surface area contributed by atoms with Crippen LogP contribution in [0.2, 0.25) is 0 Å². The van der Waals surface area contributed by atoms with Crippen LogP contribution in [0.25, 0.3) is 0 Å². The van der Waals surface area contributed by atoms with Gasteiger partial charge in [-0.15, -0.1) is 5.10 Å². The summed E-state index contributed by atoms with van der Waals surface area (Å²) in [6, 6.07) is 8.36. The van der Waals surface area contributed by atoms with E-state index in [0.717, 1.165) is 6.42 Å². The minimum atomic E-state index is -1.02. The molecule has 0 bridgehead atoms. The van der Waals surface area contributed by atoms with Crippen molar-refractivity contribution in [2.45, 2.75) is 39.7 Å². The number of aryl methyl sites for hydroxylation is 2. The molecule has 0 fully saturated rings. The molecule has 0 saturated heterocycles. The molecule has 2 aromatic rings. The van der Waals surface area contributed by atoms with E-state index in [2.05, 4.69) is 34.6 Å². The van der Waals surface area contributed by atoms with Crippen LogP contribution in [0, 0.1) is 6.92 Å². The zero-order chi connectivity index (χ0) is 14.7. The fourth-order valence-corrected chi connectivity index (χ4v) is 2.14. The summed E-state index contributed by atoms with van der Waals surface area (Å²) in [7, 11) is 0. The quantitative estimate of drug-likeness (QED) is 0.909. The van der Waals surface area contributed by atoms with Crippen LogP contribution in [0.15, 0.2) is 24.3 Å². The molecule has 0 atom stereocenters. The van der Waals surface area contributed by atoms with Gasteiger partial charge < -0.3 is 5.11 Å². The number of carboxylic acid groups (broad SMARTS) is 1. The summed E-state index contributed by atoms with van der Waals surface area (Å²) in [5.74, 6) is -1.02. The molecule has 2 rings (SSSR count). The Bertz CT molecular complexity index is 600. The second kappa shape index (κ2) is 5.86. The molecule has 0 unspecified atom stereocenters. The van der Waals surface area contributed by atoms with Crippen molar-refractivity contribution >= 4 is 5.97 Å². The van der Waals surface area contributed by atoms with E-state index >= 15 is 0 Å². The van der Waals surface area contributed by atoms with Gasteiger partial charge in [0.05, 0.1) is 5.69 Å². The predicted molar refractivity (Wildman–Crippen MR) is 76.0 cm³/mol. The van der Waals surface area contributed by atoms with E-state index < -0.39 is 5.97 Å². The van der Waals surface area contributed by atoms with Gasteiger partial charge in [0.1, 0.15) is 0 Å². The van der Waals surface area contributed by atoms with Gasteiger partial charge in [-0.1, -0.05) is 35.0 Å². The monoisotopic (exact) mass is 273 g/mol. The van der Waals surface area contributed by atoms with Gasteiger partial charge in [-0.25, -0.2) is 9.48 Å². The van der Waals surface area contributed by atoms with Gasteiger partial charge in [0.15, 0.2) is 5.69 Å². The molecule has 1 aromatic carbocycles. The number of hydrogen-bond donors (Lipinski definition) is 1. The number of carboxylic acids is 1. The number of aromatic carboxylic acids is 1. The SMILES string of the molecule is Cc1ccc(CCc2c(C(=O)O)nnn2C(C)C)cc1. The molecule has 0 spiro atoms. The van der Waals surface area contributed by atoms with Crippen LogP contribution in [0.4, 0.5) is 0 Å². The first-order valence-electron chi connectivity index (χ1n) is 6.72. The van der Waals surface area contributed by atoms with Crippen molar-refractivity contribution < 1.29 is 9.90 Å². The van der Waals surface area contributed by atoms with Crippen LogP contribution in [0.3, 0.4) is 0 Å². The van der Waals surface area contributed by atoms with Gasteiger partial charge >= 0.3 is 5.97 Å². The number of benzene rings is 1. The van der Waals surface area contributed by atoms with Crippen LogP contribution in [-0.4, -0.2) is 26.1 Å². The Balaban J connectivity index is 2.21. The Morgan fingerprint density at radius 1 is 1.25 bits per heavy atom. The third-order valence-corrected chi connectivity index (χ3v) is 3.25. The van der Waals surface area contributed by atoms with Gasteiger partial charge in [-0.2, -0.15) is 0 Å². The largest absolute Gasteiger partial charge is 0.476 e. The van der Waals surface area contributed by atoms with E-state index in [1.54, 1.807) is 4.68 Å². The van der Waals surface area contributed by atoms with Gasteiger partial charge in [-0.05, 0) is 39.2 Å². The molecule has 1 aromatic heterocycles. The highest BCUT2D eigenvalue weighted by atomic mass is 16.4. The summed E-state index contributed by atoms with van der Waals surface area (Å²) in [4.78, 5) is 11.2. The molecule has 0 amide bonds. The smallest absolute Gasteiger partial charge is 0.358 e. The highest BCUT2D eigenvalue weighted by Gasteiger charge is 2.19. The van der Waals surface area contributed by atoms with Crippen molar-refractivity contribution in [1.29, 1.82) is 0 Å². The van der Waals surface area contributed by atoms with E-state index in [1.807, 2.05) is 20.8 Å². The van der Waals surface area contributed by atoms with Crippen LogP contribution in [0.1, 0.15) is 47.2 Å². The van der Waals surface area contributed by atoms with Gasteiger partial charge in [0.25, 0.3) is 0 Å². The maximum Gasteiger partial charge on any atom is 0.358 e. The normalized spacial score (nSPS) is 11.0. The van der Waals surface area contributed by atoms with E-state index in [4.69, 9.17) is 0 Å². The molecule has 1 N–H and O–H groups in total. The summed E-state index contributed by atoms with van der Waals surface area (Å²) >= 11 is 0. The standard InChI is InChI=1S/C15H19N3O2/c1-10(2)18-13(14(15(19)20)16-17-18)9-8-12-6-4-11(3)5-7-12/h4-7,10H,8-9H2,1-3H3,(H,19,20). The van der Waals surface area contributed by atoms with Crippen LogP contribution in [-0.2, 0) is 12.8 Å². The minimum absolute atomic E-state index is 0.0609. The fourth-order valence-electron chi connectivity index (χ4n) is 2.14. The summed E-state index contributed by atoms with van der Waals surface area (Å²) in [6.45, 7) is 5.98. The lowest BCUT2D eigenvalue weighted by molar-refractivity contribution is 0.0689. The third kappa shape index (κ3) is 3.04. The molecule has 20 heavy (non-hydrogen) atoms. The average molecular weight is 273 g/mol. The van der Waals surface area contributed by atoms with E-state index in [1.165, 1.54) is 11.1 Å². The lowest BCUT2D eigenvalue weighted by Gasteiger charge is -2.10. The second-order valence-corrected chi connectivity index (χ2v) is 5.21. The minimum Gasteiger partial charge on any atom is -0.476 e. The molecule has 0 aliphatic carbocycles. The van der Waals surface area contributed by atoms with Crippen molar-refractivity contribution in [2.75, 3.05) is 0 Å². The number of nitrogens with zero attached hydrogens (tertiary/aromatic N) is 3. The maximum absolute atomic E-state index is 11.2. The third-order valence-electron chi connectivity index (χ3n) is 3.25. The highest BCUT2D eigenvalue weighted by Crippen LogP contribution is 2.15. The highest BCUT2D eigenvalue weighted by molar-refractivity contribution is 5.86. The zero-order valence-corrected chi connectivity index (χ0v) is 12.0. The van der Waals surface area contributed by atoms with E-state index in [9.17, 15) is 9.90 Å². The summed E-state index contributed by atoms with van der Waals surface area (Å²) in [5.41, 5.74) is 3.15. The first-order chi connectivity index (χ1) is 9.49. The molecule has 0 aliphatic rings. The molecular weight excluding hydrogens is 254 g/mol. The number of carbonyl (C=O) groups is 1. The Morgan fingerprint density at radius 2 is 1.90 bits per heavy atom. The van der Waals surface area contributed by atoms with Crippen LogP contribution >= 0.6 is 0 Å².